The maximum absolute atomic E-state index is 13.0. The Labute approximate surface area is 100 Å². The first-order chi connectivity index (χ1) is 7.52. The van der Waals surface area contributed by atoms with Crippen LogP contribution >= 0.6 is 0 Å². The van der Waals surface area contributed by atoms with Crippen molar-refractivity contribution in [3.63, 3.8) is 0 Å². The standard InChI is InChI=1S/C12H21F3O2/c1-5-7-11(4,12(13,14)15)8-10(3,6-2)9(16)17/h5-8H2,1-4H3,(H,16,17). The molecule has 2 nitrogen and oxygen atoms in total. The van der Waals surface area contributed by atoms with Crippen LogP contribution in [0.4, 0.5) is 13.2 Å². The van der Waals surface area contributed by atoms with Crippen molar-refractivity contribution in [1.29, 1.82) is 0 Å². The molecule has 17 heavy (non-hydrogen) atoms. The first-order valence-corrected chi connectivity index (χ1v) is 5.82. The fraction of sp³-hybridized carbons (Fsp3) is 0.917. The number of rotatable bonds is 6. The van der Waals surface area contributed by atoms with E-state index in [1.165, 1.54) is 6.92 Å². The van der Waals surface area contributed by atoms with E-state index in [-0.39, 0.29) is 19.3 Å². The van der Waals surface area contributed by atoms with Crippen LogP contribution in [0.1, 0.15) is 53.4 Å². The molecule has 1 N–H and O–H groups in total. The third-order valence-corrected chi connectivity index (χ3v) is 3.56. The van der Waals surface area contributed by atoms with Gasteiger partial charge in [0.1, 0.15) is 0 Å². The topological polar surface area (TPSA) is 37.3 Å². The summed E-state index contributed by atoms with van der Waals surface area (Å²) in [4.78, 5) is 11.1. The number of carbonyl (C=O) groups is 1. The Morgan fingerprint density at radius 3 is 1.88 bits per heavy atom. The number of aliphatic carboxylic acids is 1. The van der Waals surface area contributed by atoms with Gasteiger partial charge < -0.3 is 5.11 Å². The molecular weight excluding hydrogens is 233 g/mol. The van der Waals surface area contributed by atoms with Gasteiger partial charge in [0.05, 0.1) is 10.8 Å². The largest absolute Gasteiger partial charge is 0.481 e. The fourth-order valence-electron chi connectivity index (χ4n) is 2.10. The fourth-order valence-corrected chi connectivity index (χ4v) is 2.10. The highest BCUT2D eigenvalue weighted by molar-refractivity contribution is 5.74. The van der Waals surface area contributed by atoms with Gasteiger partial charge in [0, 0.05) is 0 Å². The molecule has 0 aromatic rings. The van der Waals surface area contributed by atoms with Crippen molar-refractivity contribution in [2.24, 2.45) is 10.8 Å². The van der Waals surface area contributed by atoms with Crippen molar-refractivity contribution >= 4 is 5.97 Å². The molecule has 0 radical (unpaired) electrons. The smallest absolute Gasteiger partial charge is 0.394 e. The van der Waals surface area contributed by atoms with Crippen LogP contribution in [0.25, 0.3) is 0 Å². The summed E-state index contributed by atoms with van der Waals surface area (Å²) in [6.07, 6.45) is -4.20. The van der Waals surface area contributed by atoms with E-state index in [1.54, 1.807) is 13.8 Å². The van der Waals surface area contributed by atoms with Gasteiger partial charge >= 0.3 is 12.1 Å². The highest BCUT2D eigenvalue weighted by Gasteiger charge is 2.54. The van der Waals surface area contributed by atoms with E-state index in [0.29, 0.717) is 6.42 Å². The van der Waals surface area contributed by atoms with Gasteiger partial charge in [-0.1, -0.05) is 27.2 Å². The van der Waals surface area contributed by atoms with Crippen molar-refractivity contribution in [3.05, 3.63) is 0 Å². The quantitative estimate of drug-likeness (QED) is 0.769. The molecule has 2 atom stereocenters. The second kappa shape index (κ2) is 5.27. The maximum atomic E-state index is 13.0. The van der Waals surface area contributed by atoms with Crippen molar-refractivity contribution in [1.82, 2.24) is 0 Å². The zero-order chi connectivity index (χ0) is 13.9. The Morgan fingerprint density at radius 1 is 1.18 bits per heavy atom. The number of alkyl halides is 3. The second-order valence-electron chi connectivity index (χ2n) is 5.20. The summed E-state index contributed by atoms with van der Waals surface area (Å²) in [5.41, 5.74) is -3.25. The summed E-state index contributed by atoms with van der Waals surface area (Å²) in [5, 5.41) is 9.06. The Balaban J connectivity index is 5.19. The third kappa shape index (κ3) is 3.61. The molecular formula is C12H21F3O2. The van der Waals surface area contributed by atoms with Gasteiger partial charge in [-0.05, 0) is 26.2 Å². The average molecular weight is 254 g/mol. The molecule has 2 unspecified atom stereocenters. The van der Waals surface area contributed by atoms with Gasteiger partial charge in [-0.15, -0.1) is 0 Å². The Kier molecular flexibility index (Phi) is 5.04. The van der Waals surface area contributed by atoms with E-state index >= 15 is 0 Å². The second-order valence-corrected chi connectivity index (χ2v) is 5.20. The predicted molar refractivity (Wildman–Crippen MR) is 59.7 cm³/mol. The third-order valence-electron chi connectivity index (χ3n) is 3.56. The van der Waals surface area contributed by atoms with E-state index in [0.717, 1.165) is 6.92 Å². The summed E-state index contributed by atoms with van der Waals surface area (Å²) in [6.45, 7) is 5.78. The number of halogens is 3. The lowest BCUT2D eigenvalue weighted by Crippen LogP contribution is -2.42. The van der Waals surface area contributed by atoms with Crippen molar-refractivity contribution < 1.29 is 23.1 Å². The van der Waals surface area contributed by atoms with Crippen LogP contribution in [-0.2, 0) is 4.79 Å². The first-order valence-electron chi connectivity index (χ1n) is 5.82. The van der Waals surface area contributed by atoms with E-state index < -0.39 is 23.0 Å². The molecule has 0 heterocycles. The molecule has 0 saturated heterocycles. The number of hydrogen-bond donors (Lipinski definition) is 1. The van der Waals surface area contributed by atoms with Crippen LogP contribution in [0, 0.1) is 10.8 Å². The molecule has 0 aliphatic rings. The molecule has 0 aromatic carbocycles. The van der Waals surface area contributed by atoms with Gasteiger partial charge in [-0.25, -0.2) is 0 Å². The van der Waals surface area contributed by atoms with Gasteiger partial charge in [0.15, 0.2) is 0 Å². The number of hydrogen-bond acceptors (Lipinski definition) is 1. The normalized spacial score (nSPS) is 19.5. The van der Waals surface area contributed by atoms with E-state index in [4.69, 9.17) is 5.11 Å². The Hall–Kier alpha value is -0.740. The summed E-state index contributed by atoms with van der Waals surface area (Å²) < 4.78 is 39.1. The van der Waals surface area contributed by atoms with Crippen LogP contribution < -0.4 is 0 Å². The zero-order valence-electron chi connectivity index (χ0n) is 10.8. The molecule has 0 aliphatic carbocycles. The highest BCUT2D eigenvalue weighted by Crippen LogP contribution is 2.50. The summed E-state index contributed by atoms with van der Waals surface area (Å²) >= 11 is 0. The molecule has 0 aromatic heterocycles. The maximum Gasteiger partial charge on any atom is 0.394 e. The van der Waals surface area contributed by atoms with Crippen LogP contribution in [0.15, 0.2) is 0 Å². The minimum absolute atomic E-state index is 0.0423. The minimum atomic E-state index is -4.37. The molecule has 0 spiro atoms. The zero-order valence-corrected chi connectivity index (χ0v) is 10.8. The van der Waals surface area contributed by atoms with Crippen LogP contribution in [-0.4, -0.2) is 17.3 Å². The van der Waals surface area contributed by atoms with Crippen LogP contribution in [0.5, 0.6) is 0 Å². The lowest BCUT2D eigenvalue weighted by Gasteiger charge is -2.38. The number of carboxylic acids is 1. The van der Waals surface area contributed by atoms with Crippen molar-refractivity contribution in [3.8, 4) is 0 Å². The summed E-state index contributed by atoms with van der Waals surface area (Å²) in [7, 11) is 0. The SMILES string of the molecule is CCCC(C)(CC(C)(CC)C(=O)O)C(F)(F)F. The van der Waals surface area contributed by atoms with E-state index in [2.05, 4.69) is 0 Å². The first kappa shape index (κ1) is 16.3. The molecule has 0 bridgehead atoms. The monoisotopic (exact) mass is 254 g/mol. The molecule has 5 heteroatoms. The number of carboxylic acid groups (broad SMARTS) is 1. The highest BCUT2D eigenvalue weighted by atomic mass is 19.4. The Bertz CT molecular complexity index is 275. The van der Waals surface area contributed by atoms with Gasteiger partial charge in [0.25, 0.3) is 0 Å². The molecule has 0 amide bonds. The molecule has 0 saturated carbocycles. The molecule has 0 fully saturated rings. The van der Waals surface area contributed by atoms with E-state index in [9.17, 15) is 18.0 Å². The lowest BCUT2D eigenvalue weighted by molar-refractivity contribution is -0.231. The summed E-state index contributed by atoms with van der Waals surface area (Å²) in [5.74, 6) is -1.16. The lowest BCUT2D eigenvalue weighted by atomic mass is 9.69. The molecule has 0 rings (SSSR count). The van der Waals surface area contributed by atoms with Gasteiger partial charge in [-0.2, -0.15) is 13.2 Å². The average Bonchev–Trinajstić information content (AvgIpc) is 2.15. The van der Waals surface area contributed by atoms with Crippen molar-refractivity contribution in [2.75, 3.05) is 0 Å². The molecule has 102 valence electrons. The minimum Gasteiger partial charge on any atom is -0.481 e. The van der Waals surface area contributed by atoms with Crippen LogP contribution in [0.2, 0.25) is 0 Å². The van der Waals surface area contributed by atoms with Gasteiger partial charge in [-0.3, -0.25) is 4.79 Å². The Morgan fingerprint density at radius 2 is 1.65 bits per heavy atom. The van der Waals surface area contributed by atoms with Crippen LogP contribution in [0.3, 0.4) is 0 Å². The van der Waals surface area contributed by atoms with Crippen molar-refractivity contribution in [2.45, 2.75) is 59.6 Å². The van der Waals surface area contributed by atoms with E-state index in [1.807, 2.05) is 0 Å². The van der Waals surface area contributed by atoms with Gasteiger partial charge in [0.2, 0.25) is 0 Å². The summed E-state index contributed by atoms with van der Waals surface area (Å²) in [6, 6.07) is 0. The predicted octanol–water partition coefficient (Wildman–Crippen LogP) is 4.25. The molecule has 0 aliphatic heterocycles.